The molecule has 0 aliphatic heterocycles. The van der Waals surface area contributed by atoms with Gasteiger partial charge in [0.1, 0.15) is 5.82 Å². The lowest BCUT2D eigenvalue weighted by Gasteiger charge is -2.00. The number of hydrogen-bond donors (Lipinski definition) is 1. The third-order valence-corrected chi connectivity index (χ3v) is 3.24. The average molecular weight is 304 g/mol. The number of aromatic nitrogens is 2. The maximum atomic E-state index is 13.4. The minimum atomic E-state index is -0.512. The van der Waals surface area contributed by atoms with Crippen LogP contribution in [-0.4, -0.2) is 10.1 Å². The molecule has 0 saturated carbocycles. The van der Waals surface area contributed by atoms with Gasteiger partial charge in [-0.2, -0.15) is 4.98 Å². The minimum absolute atomic E-state index is 0.00421. The van der Waals surface area contributed by atoms with E-state index in [0.717, 1.165) is 5.56 Å². The molecule has 0 spiro atoms. The van der Waals surface area contributed by atoms with E-state index in [4.69, 9.17) is 21.9 Å². The minimum Gasteiger partial charge on any atom is -0.396 e. The van der Waals surface area contributed by atoms with Gasteiger partial charge in [-0.1, -0.05) is 35.0 Å². The Hall–Kier alpha value is -2.40. The van der Waals surface area contributed by atoms with Crippen LogP contribution in [0.1, 0.15) is 11.4 Å². The van der Waals surface area contributed by atoms with E-state index in [1.54, 1.807) is 18.2 Å². The van der Waals surface area contributed by atoms with Crippen molar-refractivity contribution in [1.29, 1.82) is 0 Å². The van der Waals surface area contributed by atoms with E-state index in [9.17, 15) is 4.39 Å². The standard InChI is InChI=1S/C15H11ClFN3O/c16-10-4-1-3-9(7-10)8-13-19-15(21-20-13)11-5-2-6-12(17)14(11)18/h1-7H,8,18H2. The van der Waals surface area contributed by atoms with Gasteiger partial charge in [-0.15, -0.1) is 0 Å². The van der Waals surface area contributed by atoms with Crippen LogP contribution >= 0.6 is 11.6 Å². The first kappa shape index (κ1) is 13.6. The number of rotatable bonds is 3. The summed E-state index contributed by atoms with van der Waals surface area (Å²) in [6.45, 7) is 0. The number of anilines is 1. The summed E-state index contributed by atoms with van der Waals surface area (Å²) in [7, 11) is 0. The number of hydrogen-bond acceptors (Lipinski definition) is 4. The van der Waals surface area contributed by atoms with E-state index in [0.29, 0.717) is 22.8 Å². The number of benzene rings is 2. The molecule has 6 heteroatoms. The van der Waals surface area contributed by atoms with Crippen molar-refractivity contribution < 1.29 is 8.91 Å². The molecule has 2 N–H and O–H groups in total. The first-order valence-electron chi connectivity index (χ1n) is 6.25. The van der Waals surface area contributed by atoms with Gasteiger partial charge in [0.15, 0.2) is 5.82 Å². The monoisotopic (exact) mass is 303 g/mol. The van der Waals surface area contributed by atoms with Crippen molar-refractivity contribution in [2.45, 2.75) is 6.42 Å². The van der Waals surface area contributed by atoms with Crippen LogP contribution in [0, 0.1) is 5.82 Å². The smallest absolute Gasteiger partial charge is 0.260 e. The Morgan fingerprint density at radius 1 is 1.19 bits per heavy atom. The van der Waals surface area contributed by atoms with Crippen molar-refractivity contribution in [3.63, 3.8) is 0 Å². The molecule has 0 radical (unpaired) electrons. The molecule has 3 rings (SSSR count). The molecule has 1 aromatic heterocycles. The molecule has 0 aliphatic rings. The van der Waals surface area contributed by atoms with Gasteiger partial charge in [-0.3, -0.25) is 0 Å². The number of nitrogens with zero attached hydrogens (tertiary/aromatic N) is 2. The van der Waals surface area contributed by atoms with Crippen LogP contribution in [0.4, 0.5) is 10.1 Å². The SMILES string of the molecule is Nc1c(F)cccc1-c1nc(Cc2cccc(Cl)c2)no1. The van der Waals surface area contributed by atoms with Crippen LogP contribution in [0.5, 0.6) is 0 Å². The van der Waals surface area contributed by atoms with Crippen molar-refractivity contribution in [2.24, 2.45) is 0 Å². The largest absolute Gasteiger partial charge is 0.396 e. The molecule has 0 bridgehead atoms. The Bertz CT molecular complexity index is 788. The average Bonchev–Trinajstić information content (AvgIpc) is 2.90. The van der Waals surface area contributed by atoms with Crippen LogP contribution in [0.15, 0.2) is 47.0 Å². The van der Waals surface area contributed by atoms with Crippen molar-refractivity contribution in [1.82, 2.24) is 10.1 Å². The Morgan fingerprint density at radius 2 is 2.00 bits per heavy atom. The topological polar surface area (TPSA) is 64.9 Å². The summed E-state index contributed by atoms with van der Waals surface area (Å²) in [5.74, 6) is 0.169. The van der Waals surface area contributed by atoms with Crippen LogP contribution < -0.4 is 5.73 Å². The van der Waals surface area contributed by atoms with Gasteiger partial charge < -0.3 is 10.3 Å². The van der Waals surface area contributed by atoms with Gasteiger partial charge in [-0.25, -0.2) is 4.39 Å². The van der Waals surface area contributed by atoms with Crippen LogP contribution in [0.3, 0.4) is 0 Å². The zero-order valence-corrected chi connectivity index (χ0v) is 11.6. The van der Waals surface area contributed by atoms with Crippen molar-refractivity contribution in [2.75, 3.05) is 5.73 Å². The highest BCUT2D eigenvalue weighted by Crippen LogP contribution is 2.26. The molecular formula is C15H11ClFN3O. The molecule has 3 aromatic rings. The molecule has 0 aliphatic carbocycles. The second-order valence-corrected chi connectivity index (χ2v) is 4.96. The predicted molar refractivity (Wildman–Crippen MR) is 78.4 cm³/mol. The second kappa shape index (κ2) is 5.54. The molecule has 21 heavy (non-hydrogen) atoms. The van der Waals surface area contributed by atoms with Gasteiger partial charge in [-0.05, 0) is 29.8 Å². The zero-order valence-electron chi connectivity index (χ0n) is 10.9. The highest BCUT2D eigenvalue weighted by Gasteiger charge is 2.14. The number of para-hydroxylation sites is 1. The Morgan fingerprint density at radius 3 is 2.81 bits per heavy atom. The van der Waals surface area contributed by atoms with Crippen LogP contribution in [0.2, 0.25) is 5.02 Å². The van der Waals surface area contributed by atoms with Crippen LogP contribution in [-0.2, 0) is 6.42 Å². The molecule has 0 saturated heterocycles. The molecular weight excluding hydrogens is 293 g/mol. The normalized spacial score (nSPS) is 10.8. The van der Waals surface area contributed by atoms with E-state index >= 15 is 0 Å². The van der Waals surface area contributed by atoms with E-state index in [1.165, 1.54) is 6.07 Å². The highest BCUT2D eigenvalue weighted by atomic mass is 35.5. The lowest BCUT2D eigenvalue weighted by molar-refractivity contribution is 0.424. The molecule has 0 atom stereocenters. The molecule has 106 valence electrons. The Balaban J connectivity index is 1.88. The quantitative estimate of drug-likeness (QED) is 0.749. The predicted octanol–water partition coefficient (Wildman–Crippen LogP) is 3.70. The Kier molecular flexibility index (Phi) is 3.58. The number of nitrogens with two attached hydrogens (primary N) is 1. The van der Waals surface area contributed by atoms with Gasteiger partial charge >= 0.3 is 0 Å². The third-order valence-electron chi connectivity index (χ3n) is 3.00. The number of nitrogen functional groups attached to an aromatic ring is 1. The molecule has 0 unspecified atom stereocenters. The molecule has 4 nitrogen and oxygen atoms in total. The summed E-state index contributed by atoms with van der Waals surface area (Å²) in [5, 5.41) is 4.53. The van der Waals surface area contributed by atoms with Crippen LogP contribution in [0.25, 0.3) is 11.5 Å². The van der Waals surface area contributed by atoms with Crippen molar-refractivity contribution >= 4 is 17.3 Å². The van der Waals surface area contributed by atoms with Gasteiger partial charge in [0.25, 0.3) is 5.89 Å². The van der Waals surface area contributed by atoms with Crippen molar-refractivity contribution in [3.05, 3.63) is 64.7 Å². The highest BCUT2D eigenvalue weighted by molar-refractivity contribution is 6.30. The maximum Gasteiger partial charge on any atom is 0.260 e. The molecule has 1 heterocycles. The lowest BCUT2D eigenvalue weighted by Crippen LogP contribution is -1.95. The molecule has 0 fully saturated rings. The van der Waals surface area contributed by atoms with E-state index in [2.05, 4.69) is 10.1 Å². The summed E-state index contributed by atoms with van der Waals surface area (Å²) >= 11 is 5.93. The van der Waals surface area contributed by atoms with Crippen molar-refractivity contribution in [3.8, 4) is 11.5 Å². The fraction of sp³-hybridized carbons (Fsp3) is 0.0667. The van der Waals surface area contributed by atoms with E-state index < -0.39 is 5.82 Å². The summed E-state index contributed by atoms with van der Waals surface area (Å²) in [6.07, 6.45) is 0.472. The maximum absolute atomic E-state index is 13.4. The fourth-order valence-electron chi connectivity index (χ4n) is 1.99. The van der Waals surface area contributed by atoms with Gasteiger partial charge in [0.05, 0.1) is 11.3 Å². The zero-order chi connectivity index (χ0) is 14.8. The Labute approximate surface area is 125 Å². The van der Waals surface area contributed by atoms with Gasteiger partial charge in [0, 0.05) is 11.4 Å². The second-order valence-electron chi connectivity index (χ2n) is 4.52. The first-order chi connectivity index (χ1) is 10.1. The first-order valence-corrected chi connectivity index (χ1v) is 6.62. The van der Waals surface area contributed by atoms with E-state index in [1.807, 2.05) is 18.2 Å². The summed E-state index contributed by atoms with van der Waals surface area (Å²) in [5.41, 5.74) is 7.02. The summed E-state index contributed by atoms with van der Waals surface area (Å²) in [4.78, 5) is 4.24. The fourth-order valence-corrected chi connectivity index (χ4v) is 2.20. The molecule has 2 aromatic carbocycles. The number of halogens is 2. The summed E-state index contributed by atoms with van der Waals surface area (Å²) < 4.78 is 18.6. The third kappa shape index (κ3) is 2.87. The molecule has 0 amide bonds. The van der Waals surface area contributed by atoms with E-state index in [-0.39, 0.29) is 11.6 Å². The summed E-state index contributed by atoms with van der Waals surface area (Å²) in [6, 6.07) is 11.8. The van der Waals surface area contributed by atoms with Gasteiger partial charge in [0.2, 0.25) is 0 Å². The lowest BCUT2D eigenvalue weighted by atomic mass is 10.1.